The average Bonchev–Trinajstić information content (AvgIpc) is 2.18. The molecule has 0 bridgehead atoms. The van der Waals surface area contributed by atoms with Gasteiger partial charge >= 0.3 is 5.97 Å². The maximum absolute atomic E-state index is 11.4. The summed E-state index contributed by atoms with van der Waals surface area (Å²) >= 11 is 11.4. The van der Waals surface area contributed by atoms with Gasteiger partial charge < -0.3 is 5.11 Å². The van der Waals surface area contributed by atoms with E-state index < -0.39 is 11.8 Å². The molecule has 78 valence electrons. The summed E-state index contributed by atoms with van der Waals surface area (Å²) < 4.78 is 0. The third kappa shape index (κ3) is 3.38. The zero-order chi connectivity index (χ0) is 11.4. The normalized spacial score (nSPS) is 10.5. The Morgan fingerprint density at radius 2 is 1.87 bits per heavy atom. The summed E-state index contributed by atoms with van der Waals surface area (Å²) in [6.07, 6.45) is 1.68. The summed E-state index contributed by atoms with van der Waals surface area (Å²) in [7, 11) is 0. The second kappa shape index (κ2) is 4.96. The highest BCUT2D eigenvalue weighted by Crippen LogP contribution is 2.21. The molecule has 0 atom stereocenters. The van der Waals surface area contributed by atoms with E-state index >= 15 is 0 Å². The Morgan fingerprint density at radius 3 is 2.47 bits per heavy atom. The van der Waals surface area contributed by atoms with Gasteiger partial charge in [0.2, 0.25) is 0 Å². The van der Waals surface area contributed by atoms with Gasteiger partial charge in [-0.05, 0) is 24.3 Å². The molecule has 5 heteroatoms. The van der Waals surface area contributed by atoms with Crippen molar-refractivity contribution >= 4 is 35.0 Å². The van der Waals surface area contributed by atoms with Crippen LogP contribution in [0.25, 0.3) is 0 Å². The standard InChI is InChI=1S/C10H6Cl2O3/c11-6-1-2-8(12)7(5-6)9(13)3-4-10(14)15/h1-5H,(H,14,15). The lowest BCUT2D eigenvalue weighted by Gasteiger charge is -1.99. The highest BCUT2D eigenvalue weighted by atomic mass is 35.5. The molecule has 0 spiro atoms. The molecule has 0 saturated heterocycles. The fourth-order valence-electron chi connectivity index (χ4n) is 0.923. The van der Waals surface area contributed by atoms with E-state index in [1.165, 1.54) is 12.1 Å². The van der Waals surface area contributed by atoms with Crippen molar-refractivity contribution < 1.29 is 14.7 Å². The van der Waals surface area contributed by atoms with Crippen molar-refractivity contribution in [3.05, 3.63) is 46.0 Å². The quantitative estimate of drug-likeness (QED) is 0.658. The second-order valence-electron chi connectivity index (χ2n) is 2.66. The fraction of sp³-hybridized carbons (Fsp3) is 0. The number of halogens is 2. The maximum atomic E-state index is 11.4. The van der Waals surface area contributed by atoms with Gasteiger partial charge in [-0.1, -0.05) is 23.2 Å². The van der Waals surface area contributed by atoms with E-state index in [0.717, 1.165) is 12.2 Å². The zero-order valence-electron chi connectivity index (χ0n) is 7.41. The Hall–Kier alpha value is -1.32. The lowest BCUT2D eigenvalue weighted by Crippen LogP contribution is -1.97. The number of carboxylic acid groups (broad SMARTS) is 1. The minimum atomic E-state index is -1.19. The predicted molar refractivity (Wildman–Crippen MR) is 57.6 cm³/mol. The van der Waals surface area contributed by atoms with E-state index in [1.54, 1.807) is 6.07 Å². The Kier molecular flexibility index (Phi) is 3.88. The van der Waals surface area contributed by atoms with Crippen LogP contribution in [-0.2, 0) is 4.79 Å². The molecule has 0 unspecified atom stereocenters. The molecular weight excluding hydrogens is 239 g/mol. The van der Waals surface area contributed by atoms with E-state index in [-0.39, 0.29) is 10.6 Å². The van der Waals surface area contributed by atoms with Crippen LogP contribution in [0.1, 0.15) is 10.4 Å². The Bertz CT molecular complexity index is 438. The van der Waals surface area contributed by atoms with Gasteiger partial charge in [-0.25, -0.2) is 4.79 Å². The largest absolute Gasteiger partial charge is 0.478 e. The molecule has 0 aliphatic rings. The first-order chi connectivity index (χ1) is 7.00. The molecule has 1 rings (SSSR count). The topological polar surface area (TPSA) is 54.4 Å². The van der Waals surface area contributed by atoms with Crippen molar-refractivity contribution in [3.8, 4) is 0 Å². The molecule has 0 aromatic heterocycles. The molecule has 0 amide bonds. The van der Waals surface area contributed by atoms with Crippen LogP contribution in [0.2, 0.25) is 10.0 Å². The smallest absolute Gasteiger partial charge is 0.328 e. The summed E-state index contributed by atoms with van der Waals surface area (Å²) in [6.45, 7) is 0. The van der Waals surface area contributed by atoms with Crippen LogP contribution < -0.4 is 0 Å². The molecule has 0 aliphatic carbocycles. The van der Waals surface area contributed by atoms with E-state index in [0.29, 0.717) is 5.02 Å². The Balaban J connectivity index is 3.01. The summed E-state index contributed by atoms with van der Waals surface area (Å²) in [4.78, 5) is 21.6. The van der Waals surface area contributed by atoms with Crippen LogP contribution in [0.15, 0.2) is 30.4 Å². The summed E-state index contributed by atoms with van der Waals surface area (Å²) in [6, 6.07) is 4.41. The summed E-state index contributed by atoms with van der Waals surface area (Å²) in [5.74, 6) is -1.69. The molecule has 0 saturated carbocycles. The van der Waals surface area contributed by atoms with E-state index in [4.69, 9.17) is 28.3 Å². The molecule has 1 aromatic carbocycles. The van der Waals surface area contributed by atoms with Crippen molar-refractivity contribution in [1.29, 1.82) is 0 Å². The molecule has 3 nitrogen and oxygen atoms in total. The van der Waals surface area contributed by atoms with Crippen LogP contribution in [0.3, 0.4) is 0 Å². The summed E-state index contributed by atoms with van der Waals surface area (Å²) in [5, 5.41) is 8.94. The Morgan fingerprint density at radius 1 is 1.20 bits per heavy atom. The van der Waals surface area contributed by atoms with Crippen molar-refractivity contribution in [1.82, 2.24) is 0 Å². The number of aliphatic carboxylic acids is 1. The number of carbonyl (C=O) groups is 2. The van der Waals surface area contributed by atoms with Gasteiger partial charge in [0.15, 0.2) is 5.78 Å². The van der Waals surface area contributed by atoms with Gasteiger partial charge in [0, 0.05) is 16.7 Å². The third-order valence-electron chi connectivity index (χ3n) is 1.57. The van der Waals surface area contributed by atoms with Crippen molar-refractivity contribution in [3.63, 3.8) is 0 Å². The monoisotopic (exact) mass is 244 g/mol. The molecule has 0 fully saturated rings. The molecular formula is C10H6Cl2O3. The first-order valence-electron chi connectivity index (χ1n) is 3.91. The number of rotatable bonds is 3. The van der Waals surface area contributed by atoms with Crippen molar-refractivity contribution in [2.75, 3.05) is 0 Å². The van der Waals surface area contributed by atoms with Crippen LogP contribution >= 0.6 is 23.2 Å². The van der Waals surface area contributed by atoms with Crippen LogP contribution in [0.5, 0.6) is 0 Å². The Labute approximate surface area is 95.9 Å². The molecule has 1 aromatic rings. The third-order valence-corrected chi connectivity index (χ3v) is 2.14. The van der Waals surface area contributed by atoms with Gasteiger partial charge in [0.25, 0.3) is 0 Å². The van der Waals surface area contributed by atoms with Gasteiger partial charge in [-0.15, -0.1) is 0 Å². The number of hydrogen-bond donors (Lipinski definition) is 1. The fourth-order valence-corrected chi connectivity index (χ4v) is 1.31. The number of ketones is 1. The van der Waals surface area contributed by atoms with E-state index in [9.17, 15) is 9.59 Å². The van der Waals surface area contributed by atoms with Crippen molar-refractivity contribution in [2.45, 2.75) is 0 Å². The molecule has 15 heavy (non-hydrogen) atoms. The number of allylic oxidation sites excluding steroid dienone is 1. The van der Waals surface area contributed by atoms with Crippen molar-refractivity contribution in [2.24, 2.45) is 0 Å². The molecule has 0 radical (unpaired) electrons. The van der Waals surface area contributed by atoms with Crippen LogP contribution in [0.4, 0.5) is 0 Å². The predicted octanol–water partition coefficient (Wildman–Crippen LogP) is 2.82. The lowest BCUT2D eigenvalue weighted by molar-refractivity contribution is -0.131. The minimum Gasteiger partial charge on any atom is -0.478 e. The molecule has 0 aliphatic heterocycles. The number of benzene rings is 1. The van der Waals surface area contributed by atoms with Gasteiger partial charge in [-0.2, -0.15) is 0 Å². The average molecular weight is 245 g/mol. The van der Waals surface area contributed by atoms with Crippen LogP contribution in [0, 0.1) is 0 Å². The lowest BCUT2D eigenvalue weighted by atomic mass is 10.1. The number of hydrogen-bond acceptors (Lipinski definition) is 2. The highest BCUT2D eigenvalue weighted by Gasteiger charge is 2.08. The van der Waals surface area contributed by atoms with Gasteiger partial charge in [-0.3, -0.25) is 4.79 Å². The van der Waals surface area contributed by atoms with E-state index in [2.05, 4.69) is 0 Å². The minimum absolute atomic E-state index is 0.182. The first-order valence-corrected chi connectivity index (χ1v) is 4.66. The summed E-state index contributed by atoms with van der Waals surface area (Å²) in [5.41, 5.74) is 0.182. The zero-order valence-corrected chi connectivity index (χ0v) is 8.92. The SMILES string of the molecule is O=C(O)C=CC(=O)c1cc(Cl)ccc1Cl. The highest BCUT2D eigenvalue weighted by molar-refractivity contribution is 6.36. The number of carboxylic acids is 1. The second-order valence-corrected chi connectivity index (χ2v) is 3.50. The molecule has 1 N–H and O–H groups in total. The molecule has 0 heterocycles. The first kappa shape index (κ1) is 11.8. The van der Waals surface area contributed by atoms with Gasteiger partial charge in [0.05, 0.1) is 5.02 Å². The van der Waals surface area contributed by atoms with Gasteiger partial charge in [0.1, 0.15) is 0 Å². The van der Waals surface area contributed by atoms with Crippen LogP contribution in [-0.4, -0.2) is 16.9 Å². The van der Waals surface area contributed by atoms with E-state index in [1.807, 2.05) is 0 Å². The number of carbonyl (C=O) groups excluding carboxylic acids is 1. The maximum Gasteiger partial charge on any atom is 0.328 e.